The Bertz CT molecular complexity index is 171. The standard InChI is InChI=1S/C3H8O6Se/c4-1-3(5)2-9-10(6,7)8/h3-5H,1-2H2,(H,6,7,8). The van der Waals surface area contributed by atoms with Gasteiger partial charge in [-0.25, -0.2) is 0 Å². The normalized spacial score (nSPS) is 15.1. The van der Waals surface area contributed by atoms with Crippen LogP contribution in [0.25, 0.3) is 0 Å². The van der Waals surface area contributed by atoms with E-state index in [0.29, 0.717) is 0 Å². The van der Waals surface area contributed by atoms with Crippen LogP contribution < -0.4 is 0 Å². The third-order valence-electron chi connectivity index (χ3n) is 0.620. The molecule has 3 N–H and O–H groups in total. The number of rotatable bonds is 4. The van der Waals surface area contributed by atoms with Gasteiger partial charge in [0.1, 0.15) is 0 Å². The van der Waals surface area contributed by atoms with Gasteiger partial charge in [-0.05, 0) is 0 Å². The third-order valence-corrected chi connectivity index (χ3v) is 1.53. The van der Waals surface area contributed by atoms with Gasteiger partial charge in [-0.15, -0.1) is 0 Å². The summed E-state index contributed by atoms with van der Waals surface area (Å²) in [5, 5.41) is 16.6. The van der Waals surface area contributed by atoms with E-state index < -0.39 is 32.7 Å². The van der Waals surface area contributed by atoms with Crippen LogP contribution in [-0.2, 0) is 11.5 Å². The second-order valence-electron chi connectivity index (χ2n) is 1.55. The van der Waals surface area contributed by atoms with Crippen molar-refractivity contribution in [2.24, 2.45) is 0 Å². The van der Waals surface area contributed by atoms with Gasteiger partial charge in [0.25, 0.3) is 0 Å². The first kappa shape index (κ1) is 9.96. The van der Waals surface area contributed by atoms with Gasteiger partial charge in [0.05, 0.1) is 0 Å². The number of hydrogen-bond acceptors (Lipinski definition) is 5. The van der Waals surface area contributed by atoms with E-state index in [2.05, 4.69) is 3.82 Å². The van der Waals surface area contributed by atoms with E-state index in [4.69, 9.17) is 14.4 Å². The monoisotopic (exact) mass is 220 g/mol. The molecule has 0 radical (unpaired) electrons. The van der Waals surface area contributed by atoms with Crippen LogP contribution in [0.2, 0.25) is 0 Å². The number of aliphatic hydroxyl groups excluding tert-OH is 2. The van der Waals surface area contributed by atoms with E-state index in [1.807, 2.05) is 0 Å². The summed E-state index contributed by atoms with van der Waals surface area (Å²) < 4.78 is 31.5. The zero-order chi connectivity index (χ0) is 8.20. The van der Waals surface area contributed by atoms with Crippen LogP contribution in [0.5, 0.6) is 0 Å². The summed E-state index contributed by atoms with van der Waals surface area (Å²) in [7, 11) is 0. The summed E-state index contributed by atoms with van der Waals surface area (Å²) in [6.07, 6.45) is -1.27. The van der Waals surface area contributed by atoms with Crippen molar-refractivity contribution >= 4 is 13.4 Å². The Balaban J connectivity index is 3.56. The van der Waals surface area contributed by atoms with Crippen LogP contribution >= 0.6 is 0 Å². The number of aliphatic hydroxyl groups is 2. The maximum absolute atomic E-state index is 9.87. The van der Waals surface area contributed by atoms with Crippen LogP contribution in [0.15, 0.2) is 0 Å². The maximum atomic E-state index is 9.87. The van der Waals surface area contributed by atoms with Gasteiger partial charge < -0.3 is 0 Å². The van der Waals surface area contributed by atoms with Crippen molar-refractivity contribution in [1.82, 2.24) is 0 Å². The van der Waals surface area contributed by atoms with E-state index in [1.54, 1.807) is 0 Å². The SMILES string of the molecule is O=[Se](=O)(O)OCC(O)CO. The van der Waals surface area contributed by atoms with Crippen LogP contribution in [0.1, 0.15) is 0 Å². The molecule has 0 saturated heterocycles. The van der Waals surface area contributed by atoms with Gasteiger partial charge in [0.15, 0.2) is 0 Å². The fourth-order valence-corrected chi connectivity index (χ4v) is 0.908. The summed E-state index contributed by atoms with van der Waals surface area (Å²) in [6.45, 7) is -1.21. The number of hydrogen-bond donors (Lipinski definition) is 3. The Morgan fingerprint density at radius 3 is 2.30 bits per heavy atom. The summed E-state index contributed by atoms with van der Waals surface area (Å²) >= 11 is -5.17. The third kappa shape index (κ3) is 6.09. The van der Waals surface area contributed by atoms with E-state index in [-0.39, 0.29) is 0 Å². The minimum atomic E-state index is -5.17. The molecule has 0 spiro atoms. The second-order valence-corrected chi connectivity index (χ2v) is 3.84. The molecule has 1 unspecified atom stereocenters. The van der Waals surface area contributed by atoms with Gasteiger partial charge in [0, 0.05) is 0 Å². The second kappa shape index (κ2) is 3.97. The summed E-state index contributed by atoms with van der Waals surface area (Å²) in [5.41, 5.74) is 0. The summed E-state index contributed by atoms with van der Waals surface area (Å²) in [6, 6.07) is 0. The topological polar surface area (TPSA) is 104 Å². The average Bonchev–Trinajstić information content (AvgIpc) is 1.81. The molecule has 0 aromatic heterocycles. The van der Waals surface area contributed by atoms with Crippen molar-refractivity contribution in [3.05, 3.63) is 0 Å². The van der Waals surface area contributed by atoms with E-state index in [9.17, 15) is 7.67 Å². The van der Waals surface area contributed by atoms with Crippen LogP contribution in [-0.4, -0.2) is 47.1 Å². The van der Waals surface area contributed by atoms with Crippen molar-refractivity contribution in [2.75, 3.05) is 13.2 Å². The first-order chi connectivity index (χ1) is 4.45. The molecular weight excluding hydrogens is 211 g/mol. The minimum absolute atomic E-state index is 0.604. The Morgan fingerprint density at radius 1 is 1.50 bits per heavy atom. The van der Waals surface area contributed by atoms with Crippen molar-refractivity contribution in [2.45, 2.75) is 6.10 Å². The predicted molar refractivity (Wildman–Crippen MR) is 28.4 cm³/mol. The Labute approximate surface area is 59.3 Å². The molecule has 0 aliphatic carbocycles. The van der Waals surface area contributed by atoms with E-state index in [0.717, 1.165) is 0 Å². The zero-order valence-corrected chi connectivity index (χ0v) is 6.68. The molecule has 0 aromatic rings. The first-order valence-electron chi connectivity index (χ1n) is 2.36. The predicted octanol–water partition coefficient (Wildman–Crippen LogP) is -2.35. The van der Waals surface area contributed by atoms with Crippen molar-refractivity contribution in [3.63, 3.8) is 0 Å². The van der Waals surface area contributed by atoms with Gasteiger partial charge in [-0.1, -0.05) is 0 Å². The Kier molecular flexibility index (Phi) is 3.95. The molecule has 0 saturated carbocycles. The molecular formula is C3H8O6Se. The molecule has 0 aliphatic rings. The van der Waals surface area contributed by atoms with Gasteiger partial charge >= 0.3 is 58.6 Å². The molecule has 6 nitrogen and oxygen atoms in total. The van der Waals surface area contributed by atoms with Crippen molar-refractivity contribution in [3.8, 4) is 0 Å². The fourth-order valence-electron chi connectivity index (χ4n) is 0.217. The average molecular weight is 219 g/mol. The van der Waals surface area contributed by atoms with Crippen molar-refractivity contribution in [1.29, 1.82) is 0 Å². The molecule has 0 aromatic carbocycles. The van der Waals surface area contributed by atoms with Crippen molar-refractivity contribution < 1.29 is 25.9 Å². The summed E-state index contributed by atoms with van der Waals surface area (Å²) in [5.74, 6) is 0. The van der Waals surface area contributed by atoms with Gasteiger partial charge in [-0.2, -0.15) is 0 Å². The molecule has 7 heteroatoms. The molecule has 0 heterocycles. The molecule has 0 rings (SSSR count). The Morgan fingerprint density at radius 2 is 2.00 bits per heavy atom. The molecule has 0 amide bonds. The quantitative estimate of drug-likeness (QED) is 0.457. The van der Waals surface area contributed by atoms with Gasteiger partial charge in [0.2, 0.25) is 0 Å². The fraction of sp³-hybridized carbons (Fsp3) is 1.00. The van der Waals surface area contributed by atoms with Crippen LogP contribution in [0.3, 0.4) is 0 Å². The molecule has 0 fully saturated rings. The molecule has 10 heavy (non-hydrogen) atoms. The zero-order valence-electron chi connectivity index (χ0n) is 4.97. The summed E-state index contributed by atoms with van der Waals surface area (Å²) in [4.78, 5) is 0. The van der Waals surface area contributed by atoms with Crippen LogP contribution in [0, 0.1) is 0 Å². The first-order valence-corrected chi connectivity index (χ1v) is 5.23. The van der Waals surface area contributed by atoms with Gasteiger partial charge in [-0.3, -0.25) is 0 Å². The van der Waals surface area contributed by atoms with E-state index in [1.165, 1.54) is 0 Å². The molecule has 1 atom stereocenters. The van der Waals surface area contributed by atoms with E-state index >= 15 is 0 Å². The molecule has 0 bridgehead atoms. The Hall–Kier alpha value is -0.0405. The van der Waals surface area contributed by atoms with Crippen LogP contribution in [0.4, 0.5) is 0 Å². The molecule has 0 aliphatic heterocycles. The molecule has 62 valence electrons.